The van der Waals surface area contributed by atoms with Crippen LogP contribution in [-0.2, 0) is 47.7 Å². The lowest BCUT2D eigenvalue weighted by Gasteiger charge is -2.38. The topological polar surface area (TPSA) is 231 Å². The minimum Gasteiger partial charge on any atom is -0.497 e. The molecule has 0 radical (unpaired) electrons. The van der Waals surface area contributed by atoms with E-state index < -0.39 is 67.3 Å². The second-order valence-corrected chi connectivity index (χ2v) is 14.6. The number of amides is 5. The summed E-state index contributed by atoms with van der Waals surface area (Å²) in [6.07, 6.45) is 4.29. The van der Waals surface area contributed by atoms with Crippen molar-refractivity contribution in [2.24, 2.45) is 5.73 Å². The predicted molar refractivity (Wildman–Crippen MR) is 189 cm³/mol. The molecule has 0 spiro atoms. The SMILES string of the molecule is COc1ccc2c(ccn2CCCNC(=O)[C@H](CC(N)=O)NC(=O)C2(NC(=O)[C@H](Cc3ccc(CP(=O)(O)O)cc3)NC(C)=O)CCCCC2)c1. The van der Waals surface area contributed by atoms with Crippen molar-refractivity contribution < 1.29 is 43.1 Å². The quantitative estimate of drug-likeness (QED) is 0.0793. The maximum Gasteiger partial charge on any atom is 0.329 e. The molecule has 1 saturated carbocycles. The highest BCUT2D eigenvalue weighted by Gasteiger charge is 2.43. The first-order chi connectivity index (χ1) is 24.2. The van der Waals surface area contributed by atoms with Gasteiger partial charge in [-0.1, -0.05) is 43.5 Å². The summed E-state index contributed by atoms with van der Waals surface area (Å²) in [5.74, 6) is -2.34. The number of hydrogen-bond acceptors (Lipinski definition) is 7. The van der Waals surface area contributed by atoms with Crippen molar-refractivity contribution in [3.05, 3.63) is 65.9 Å². The molecule has 16 heteroatoms. The van der Waals surface area contributed by atoms with Gasteiger partial charge < -0.3 is 46.1 Å². The average Bonchev–Trinajstić information content (AvgIpc) is 3.48. The Morgan fingerprint density at radius 3 is 2.25 bits per heavy atom. The number of nitrogens with two attached hydrogens (primary N) is 1. The van der Waals surface area contributed by atoms with E-state index >= 15 is 0 Å². The van der Waals surface area contributed by atoms with Crippen LogP contribution in [0.5, 0.6) is 5.75 Å². The highest BCUT2D eigenvalue weighted by Crippen LogP contribution is 2.39. The molecule has 276 valence electrons. The molecule has 51 heavy (non-hydrogen) atoms. The minimum absolute atomic E-state index is 0.0407. The van der Waals surface area contributed by atoms with Crippen molar-refractivity contribution in [1.82, 2.24) is 25.8 Å². The highest BCUT2D eigenvalue weighted by molar-refractivity contribution is 7.50. The smallest absolute Gasteiger partial charge is 0.329 e. The number of methoxy groups -OCH3 is 1. The first kappa shape index (κ1) is 39.1. The van der Waals surface area contributed by atoms with Gasteiger partial charge in [0.25, 0.3) is 0 Å². The summed E-state index contributed by atoms with van der Waals surface area (Å²) in [6.45, 7) is 2.13. The molecule has 1 fully saturated rings. The minimum atomic E-state index is -4.27. The Morgan fingerprint density at radius 1 is 0.941 bits per heavy atom. The molecule has 2 atom stereocenters. The van der Waals surface area contributed by atoms with Crippen LogP contribution in [0, 0.1) is 0 Å². The number of ether oxygens (including phenoxy) is 1. The standard InChI is InChI=1S/C35H47N6O9P/c1-23(42)38-28(19-24-7-9-25(10-8-24)22-51(47,48)49)33(45)40-35(14-4-3-5-15-35)34(46)39-29(21-31(36)43)32(44)37-16-6-17-41-18-13-26-20-27(50-2)11-12-30(26)41/h7-13,18,20,28-29H,3-6,14-17,19,21-22H2,1-2H3,(H2,36,43)(H,37,44)(H,38,42)(H,39,46)(H,40,45)(H2,47,48,49)/t28-,29-/m0/s1. The number of carbonyl (C=O) groups is 5. The Morgan fingerprint density at radius 2 is 1.63 bits per heavy atom. The first-order valence-corrected chi connectivity index (χ1v) is 18.7. The fourth-order valence-corrected chi connectivity index (χ4v) is 7.07. The van der Waals surface area contributed by atoms with Crippen LogP contribution < -0.4 is 31.7 Å². The van der Waals surface area contributed by atoms with Crippen molar-refractivity contribution in [2.45, 2.75) is 88.6 Å². The molecule has 1 heterocycles. The molecule has 1 aromatic heterocycles. The molecule has 1 aliphatic rings. The maximum absolute atomic E-state index is 13.9. The molecule has 0 unspecified atom stereocenters. The monoisotopic (exact) mass is 726 g/mol. The number of primary amides is 1. The fourth-order valence-electron chi connectivity index (χ4n) is 6.39. The van der Waals surface area contributed by atoms with Crippen LogP contribution in [0.4, 0.5) is 0 Å². The zero-order valence-corrected chi connectivity index (χ0v) is 29.7. The van der Waals surface area contributed by atoms with Gasteiger partial charge in [-0.3, -0.25) is 28.5 Å². The van der Waals surface area contributed by atoms with Gasteiger partial charge in [0.05, 0.1) is 19.7 Å². The van der Waals surface area contributed by atoms with Crippen molar-refractivity contribution in [2.75, 3.05) is 13.7 Å². The van der Waals surface area contributed by atoms with Crippen LogP contribution in [0.2, 0.25) is 0 Å². The Bertz CT molecular complexity index is 1760. The third-order valence-corrected chi connectivity index (χ3v) is 9.71. The van der Waals surface area contributed by atoms with Gasteiger partial charge in [-0.15, -0.1) is 0 Å². The van der Waals surface area contributed by atoms with E-state index in [4.69, 9.17) is 10.5 Å². The van der Waals surface area contributed by atoms with E-state index in [-0.39, 0.29) is 25.8 Å². The number of nitrogens with zero attached hydrogens (tertiary/aromatic N) is 1. The number of aryl methyl sites for hydroxylation is 1. The largest absolute Gasteiger partial charge is 0.497 e. The van der Waals surface area contributed by atoms with Crippen molar-refractivity contribution >= 4 is 48.0 Å². The zero-order valence-electron chi connectivity index (χ0n) is 28.9. The zero-order chi connectivity index (χ0) is 37.2. The molecule has 3 aromatic rings. The van der Waals surface area contributed by atoms with Gasteiger partial charge >= 0.3 is 7.60 Å². The van der Waals surface area contributed by atoms with Crippen LogP contribution >= 0.6 is 7.60 Å². The molecular weight excluding hydrogens is 679 g/mol. The molecule has 0 aliphatic heterocycles. The average molecular weight is 727 g/mol. The van der Waals surface area contributed by atoms with E-state index in [1.165, 1.54) is 19.1 Å². The van der Waals surface area contributed by atoms with Crippen molar-refractivity contribution in [3.8, 4) is 5.75 Å². The summed E-state index contributed by atoms with van der Waals surface area (Å²) in [7, 11) is -2.66. The van der Waals surface area contributed by atoms with Gasteiger partial charge in [-0.2, -0.15) is 0 Å². The summed E-state index contributed by atoms with van der Waals surface area (Å²) in [5, 5.41) is 12.0. The van der Waals surface area contributed by atoms with E-state index in [2.05, 4.69) is 25.8 Å². The van der Waals surface area contributed by atoms with Gasteiger partial charge in [0.2, 0.25) is 29.5 Å². The summed E-state index contributed by atoms with van der Waals surface area (Å²) >= 11 is 0. The van der Waals surface area contributed by atoms with Gasteiger partial charge in [-0.05, 0) is 54.7 Å². The molecule has 4 rings (SSSR count). The van der Waals surface area contributed by atoms with Gasteiger partial charge in [0.15, 0.2) is 0 Å². The van der Waals surface area contributed by atoms with E-state index in [1.54, 1.807) is 19.2 Å². The van der Waals surface area contributed by atoms with Crippen LogP contribution in [0.1, 0.15) is 63.0 Å². The molecular formula is C35H47N6O9P. The number of nitrogens with one attached hydrogen (secondary N) is 4. The number of rotatable bonds is 17. The normalized spacial score (nSPS) is 15.3. The second kappa shape index (κ2) is 17.5. The Balaban J connectivity index is 1.41. The van der Waals surface area contributed by atoms with Gasteiger partial charge in [-0.25, -0.2) is 0 Å². The predicted octanol–water partition coefficient (Wildman–Crippen LogP) is 1.76. The van der Waals surface area contributed by atoms with E-state index in [1.807, 2.05) is 30.5 Å². The lowest BCUT2D eigenvalue weighted by Crippen LogP contribution is -2.65. The van der Waals surface area contributed by atoms with Crippen molar-refractivity contribution in [1.29, 1.82) is 0 Å². The molecule has 0 bridgehead atoms. The summed E-state index contributed by atoms with van der Waals surface area (Å²) in [4.78, 5) is 83.5. The molecule has 5 amide bonds. The molecule has 2 aromatic carbocycles. The number of aromatic nitrogens is 1. The Kier molecular flexibility index (Phi) is 13.4. The van der Waals surface area contributed by atoms with Crippen LogP contribution in [0.15, 0.2) is 54.7 Å². The summed E-state index contributed by atoms with van der Waals surface area (Å²) in [5.41, 5.74) is 6.09. The number of fused-ring (bicyclic) bond motifs is 1. The number of carbonyl (C=O) groups excluding carboxylic acids is 5. The third-order valence-electron chi connectivity index (χ3n) is 8.93. The van der Waals surface area contributed by atoms with Crippen LogP contribution in [0.25, 0.3) is 10.9 Å². The second-order valence-electron chi connectivity index (χ2n) is 13.0. The maximum atomic E-state index is 13.9. The van der Waals surface area contributed by atoms with E-state index in [9.17, 15) is 38.3 Å². The number of benzene rings is 2. The third kappa shape index (κ3) is 11.4. The summed E-state index contributed by atoms with van der Waals surface area (Å²) < 4.78 is 18.7. The molecule has 1 aliphatic carbocycles. The van der Waals surface area contributed by atoms with Gasteiger partial charge in [0.1, 0.15) is 23.4 Å². The Labute approximate surface area is 296 Å². The lowest BCUT2D eigenvalue weighted by molar-refractivity contribution is -0.139. The molecule has 15 nitrogen and oxygen atoms in total. The van der Waals surface area contributed by atoms with Crippen LogP contribution in [-0.4, -0.2) is 75.2 Å². The molecule has 0 saturated heterocycles. The Hall–Kier alpha value is -4.72. The van der Waals surface area contributed by atoms with E-state index in [0.717, 1.165) is 23.1 Å². The van der Waals surface area contributed by atoms with Crippen molar-refractivity contribution in [3.63, 3.8) is 0 Å². The first-order valence-electron chi connectivity index (χ1n) is 16.9. The molecule has 8 N–H and O–H groups in total. The van der Waals surface area contributed by atoms with E-state index in [0.29, 0.717) is 36.9 Å². The lowest BCUT2D eigenvalue weighted by atomic mass is 9.80. The highest BCUT2D eigenvalue weighted by atomic mass is 31.2. The number of hydrogen-bond donors (Lipinski definition) is 7. The summed E-state index contributed by atoms with van der Waals surface area (Å²) in [6, 6.07) is 11.7. The van der Waals surface area contributed by atoms with Crippen LogP contribution in [0.3, 0.4) is 0 Å². The van der Waals surface area contributed by atoms with Gasteiger partial charge in [0, 0.05) is 43.5 Å². The fraction of sp³-hybridized carbons (Fsp3) is 0.457.